The molecular weight excluding hydrogens is 280 g/mol. The van der Waals surface area contributed by atoms with Crippen LogP contribution in [-0.2, 0) is 13.0 Å². The van der Waals surface area contributed by atoms with E-state index in [-0.39, 0.29) is 0 Å². The highest BCUT2D eigenvalue weighted by atomic mass is 32.1. The molecule has 1 fully saturated rings. The van der Waals surface area contributed by atoms with Crippen LogP contribution < -0.4 is 5.32 Å². The van der Waals surface area contributed by atoms with Gasteiger partial charge in [0.2, 0.25) is 0 Å². The zero-order valence-corrected chi connectivity index (χ0v) is 13.8. The first-order valence-electron chi connectivity index (χ1n) is 8.17. The maximum Gasteiger partial charge on any atom is 0.193 e. The lowest BCUT2D eigenvalue weighted by Crippen LogP contribution is -2.40. The molecule has 0 spiro atoms. The summed E-state index contributed by atoms with van der Waals surface area (Å²) in [6, 6.07) is 2.28. The maximum atomic E-state index is 4.83. The quantitative estimate of drug-likeness (QED) is 0.683. The molecular formula is C16H26N4S. The molecule has 2 aliphatic rings. The summed E-state index contributed by atoms with van der Waals surface area (Å²) in [4.78, 5) is 11.3. The van der Waals surface area contributed by atoms with Gasteiger partial charge < -0.3 is 10.2 Å². The van der Waals surface area contributed by atoms with Gasteiger partial charge in [0, 0.05) is 44.1 Å². The summed E-state index contributed by atoms with van der Waals surface area (Å²) in [5, 5.41) is 5.66. The summed E-state index contributed by atoms with van der Waals surface area (Å²) in [6.45, 7) is 9.68. The maximum absolute atomic E-state index is 4.83. The molecule has 4 nitrogen and oxygen atoms in total. The summed E-state index contributed by atoms with van der Waals surface area (Å²) >= 11 is 1.91. The minimum Gasteiger partial charge on any atom is -0.357 e. The molecule has 0 aliphatic carbocycles. The van der Waals surface area contributed by atoms with E-state index in [9.17, 15) is 0 Å². The van der Waals surface area contributed by atoms with Gasteiger partial charge in [0.25, 0.3) is 0 Å². The van der Waals surface area contributed by atoms with Crippen molar-refractivity contribution in [1.82, 2.24) is 15.1 Å². The second kappa shape index (κ2) is 7.27. The molecule has 116 valence electrons. The van der Waals surface area contributed by atoms with E-state index < -0.39 is 0 Å². The lowest BCUT2D eigenvalue weighted by atomic mass is 10.1. The summed E-state index contributed by atoms with van der Waals surface area (Å²) < 4.78 is 0. The SMILES string of the molecule is CCNC(=NCCN1CCc2sccc2C1)N1CCCC1. The molecule has 0 saturated carbocycles. The predicted molar refractivity (Wildman–Crippen MR) is 90.1 cm³/mol. The fraction of sp³-hybridized carbons (Fsp3) is 0.688. The molecule has 0 atom stereocenters. The van der Waals surface area contributed by atoms with E-state index in [1.165, 1.54) is 31.4 Å². The highest BCUT2D eigenvalue weighted by Crippen LogP contribution is 2.23. The number of fused-ring (bicyclic) bond motifs is 1. The average molecular weight is 306 g/mol. The highest BCUT2D eigenvalue weighted by molar-refractivity contribution is 7.10. The predicted octanol–water partition coefficient (Wildman–Crippen LogP) is 2.17. The monoisotopic (exact) mass is 306 g/mol. The molecule has 0 amide bonds. The number of likely N-dealkylation sites (tertiary alicyclic amines) is 1. The van der Waals surface area contributed by atoms with Crippen molar-refractivity contribution in [3.63, 3.8) is 0 Å². The van der Waals surface area contributed by atoms with Crippen molar-refractivity contribution in [3.05, 3.63) is 21.9 Å². The zero-order chi connectivity index (χ0) is 14.5. The second-order valence-electron chi connectivity index (χ2n) is 5.82. The van der Waals surface area contributed by atoms with Crippen LogP contribution in [0.25, 0.3) is 0 Å². The number of nitrogens with zero attached hydrogens (tertiary/aromatic N) is 3. The zero-order valence-electron chi connectivity index (χ0n) is 13.0. The van der Waals surface area contributed by atoms with E-state index in [4.69, 9.17) is 4.99 Å². The first kappa shape index (κ1) is 14.9. The first-order chi connectivity index (χ1) is 10.4. The van der Waals surface area contributed by atoms with Crippen LogP contribution in [0.1, 0.15) is 30.2 Å². The van der Waals surface area contributed by atoms with Crippen LogP contribution in [0.4, 0.5) is 0 Å². The number of nitrogens with one attached hydrogen (secondary N) is 1. The standard InChI is InChI=1S/C16H26N4S/c1-2-17-16(20-8-3-4-9-20)18-7-11-19-10-5-15-14(13-19)6-12-21-15/h6,12H,2-5,7-11,13H2,1H3,(H,17,18). The van der Waals surface area contributed by atoms with E-state index in [2.05, 4.69) is 33.5 Å². The molecule has 21 heavy (non-hydrogen) atoms. The molecule has 1 saturated heterocycles. The van der Waals surface area contributed by atoms with Crippen LogP contribution in [0, 0.1) is 0 Å². The number of guanidine groups is 1. The lowest BCUT2D eigenvalue weighted by molar-refractivity contribution is 0.263. The molecule has 1 aromatic rings. The Balaban J connectivity index is 1.50. The van der Waals surface area contributed by atoms with Gasteiger partial charge in [0.15, 0.2) is 5.96 Å². The van der Waals surface area contributed by atoms with E-state index >= 15 is 0 Å². The fourth-order valence-corrected chi connectivity index (χ4v) is 4.04. The Hall–Kier alpha value is -1.07. The van der Waals surface area contributed by atoms with Gasteiger partial charge in [-0.05, 0) is 43.2 Å². The van der Waals surface area contributed by atoms with E-state index in [1.54, 1.807) is 4.88 Å². The molecule has 1 aromatic heterocycles. The molecule has 0 aromatic carbocycles. The molecule has 2 aliphatic heterocycles. The van der Waals surface area contributed by atoms with Crippen molar-refractivity contribution >= 4 is 17.3 Å². The van der Waals surface area contributed by atoms with Crippen molar-refractivity contribution in [1.29, 1.82) is 0 Å². The second-order valence-corrected chi connectivity index (χ2v) is 6.83. The van der Waals surface area contributed by atoms with Gasteiger partial charge in [0.05, 0.1) is 6.54 Å². The smallest absolute Gasteiger partial charge is 0.193 e. The number of hydrogen-bond acceptors (Lipinski definition) is 3. The number of hydrogen-bond donors (Lipinski definition) is 1. The van der Waals surface area contributed by atoms with Gasteiger partial charge in [-0.15, -0.1) is 11.3 Å². The van der Waals surface area contributed by atoms with Gasteiger partial charge in [-0.25, -0.2) is 0 Å². The van der Waals surface area contributed by atoms with Gasteiger partial charge in [-0.3, -0.25) is 9.89 Å². The Morgan fingerprint density at radius 3 is 3.00 bits per heavy atom. The fourth-order valence-electron chi connectivity index (χ4n) is 3.15. The van der Waals surface area contributed by atoms with Crippen LogP contribution in [0.2, 0.25) is 0 Å². The van der Waals surface area contributed by atoms with Crippen molar-refractivity contribution < 1.29 is 0 Å². The van der Waals surface area contributed by atoms with Crippen LogP contribution in [0.5, 0.6) is 0 Å². The average Bonchev–Trinajstić information content (AvgIpc) is 3.17. The van der Waals surface area contributed by atoms with Gasteiger partial charge in [-0.2, -0.15) is 0 Å². The number of rotatable bonds is 4. The summed E-state index contributed by atoms with van der Waals surface area (Å²) in [5.74, 6) is 1.11. The Kier molecular flexibility index (Phi) is 5.14. The van der Waals surface area contributed by atoms with Gasteiger partial charge in [0.1, 0.15) is 0 Å². The Bertz CT molecular complexity index is 476. The molecule has 0 bridgehead atoms. The normalized spacial score (nSPS) is 19.9. The third-order valence-corrected chi connectivity index (χ3v) is 5.33. The molecule has 0 unspecified atom stereocenters. The Morgan fingerprint density at radius 2 is 2.19 bits per heavy atom. The van der Waals surface area contributed by atoms with Gasteiger partial charge in [-0.1, -0.05) is 0 Å². The topological polar surface area (TPSA) is 30.9 Å². The van der Waals surface area contributed by atoms with E-state index in [0.29, 0.717) is 0 Å². The lowest BCUT2D eigenvalue weighted by Gasteiger charge is -2.26. The molecule has 3 heterocycles. The summed E-state index contributed by atoms with van der Waals surface area (Å²) in [5.41, 5.74) is 1.53. The minimum atomic E-state index is 0.901. The molecule has 1 N–H and O–H groups in total. The summed E-state index contributed by atoms with van der Waals surface area (Å²) in [7, 11) is 0. The highest BCUT2D eigenvalue weighted by Gasteiger charge is 2.18. The van der Waals surface area contributed by atoms with Crippen molar-refractivity contribution in [3.8, 4) is 0 Å². The Labute approximate surface area is 131 Å². The Morgan fingerprint density at radius 1 is 1.33 bits per heavy atom. The minimum absolute atomic E-state index is 0.901. The third kappa shape index (κ3) is 3.77. The summed E-state index contributed by atoms with van der Waals surface area (Å²) in [6.07, 6.45) is 3.82. The number of thiophene rings is 1. The van der Waals surface area contributed by atoms with Crippen LogP contribution in [-0.4, -0.2) is 55.0 Å². The molecule has 3 rings (SSSR count). The van der Waals surface area contributed by atoms with E-state index in [0.717, 1.165) is 45.2 Å². The van der Waals surface area contributed by atoms with Crippen LogP contribution in [0.15, 0.2) is 16.4 Å². The third-order valence-electron chi connectivity index (χ3n) is 4.31. The van der Waals surface area contributed by atoms with Crippen LogP contribution >= 0.6 is 11.3 Å². The first-order valence-corrected chi connectivity index (χ1v) is 9.05. The molecule has 0 radical (unpaired) electrons. The van der Waals surface area contributed by atoms with E-state index in [1.807, 2.05) is 11.3 Å². The van der Waals surface area contributed by atoms with Gasteiger partial charge >= 0.3 is 0 Å². The van der Waals surface area contributed by atoms with Crippen molar-refractivity contribution in [2.45, 2.75) is 32.7 Å². The number of aliphatic imine (C=N–C) groups is 1. The van der Waals surface area contributed by atoms with Crippen LogP contribution in [0.3, 0.4) is 0 Å². The van der Waals surface area contributed by atoms with Crippen molar-refractivity contribution in [2.24, 2.45) is 4.99 Å². The molecule has 5 heteroatoms. The van der Waals surface area contributed by atoms with Crippen molar-refractivity contribution in [2.75, 3.05) is 39.3 Å². The largest absolute Gasteiger partial charge is 0.357 e.